The molecule has 1 aromatic heterocycles. The van der Waals surface area contributed by atoms with Crippen molar-refractivity contribution in [3.63, 3.8) is 0 Å². The maximum atomic E-state index is 12.9. The van der Waals surface area contributed by atoms with E-state index in [-0.39, 0.29) is 29.8 Å². The second kappa shape index (κ2) is 9.33. The zero-order valence-corrected chi connectivity index (χ0v) is 17.3. The number of aromatic nitrogens is 1. The van der Waals surface area contributed by atoms with Crippen LogP contribution in [-0.2, 0) is 20.5 Å². The number of anilines is 2. The fourth-order valence-corrected chi connectivity index (χ4v) is 3.69. The molecule has 166 valence electrons. The molecule has 1 aromatic carbocycles. The highest BCUT2D eigenvalue weighted by molar-refractivity contribution is 7.14. The second-order valence-electron chi connectivity index (χ2n) is 6.71. The van der Waals surface area contributed by atoms with E-state index in [1.54, 1.807) is 11.0 Å². The number of nitrogens with one attached hydrogen (secondary N) is 1. The third-order valence-corrected chi connectivity index (χ3v) is 5.25. The Morgan fingerprint density at radius 1 is 1.19 bits per heavy atom. The minimum atomic E-state index is -4.42. The van der Waals surface area contributed by atoms with Gasteiger partial charge in [-0.05, 0) is 18.2 Å². The highest BCUT2D eigenvalue weighted by Crippen LogP contribution is 2.31. The molecule has 8 nitrogen and oxygen atoms in total. The van der Waals surface area contributed by atoms with Crippen LogP contribution in [-0.4, -0.2) is 60.5 Å². The van der Waals surface area contributed by atoms with Crippen LogP contribution >= 0.6 is 11.3 Å². The normalized spacial score (nSPS) is 14.3. The molecule has 0 aliphatic carbocycles. The number of esters is 1. The van der Waals surface area contributed by atoms with Crippen molar-refractivity contribution in [2.45, 2.75) is 13.1 Å². The molecule has 1 saturated heterocycles. The summed E-state index contributed by atoms with van der Waals surface area (Å²) in [4.78, 5) is 42.5. The summed E-state index contributed by atoms with van der Waals surface area (Å²) in [7, 11) is 0. The molecular formula is C19H19F3N4O4S. The van der Waals surface area contributed by atoms with Crippen LogP contribution in [0.25, 0.3) is 0 Å². The number of piperazine rings is 1. The van der Waals surface area contributed by atoms with Gasteiger partial charge in [0, 0.05) is 44.2 Å². The largest absolute Gasteiger partial charge is 0.451 e. The van der Waals surface area contributed by atoms with Crippen LogP contribution in [0.4, 0.5) is 24.0 Å². The number of carbonyl (C=O) groups is 3. The molecule has 0 spiro atoms. The Morgan fingerprint density at radius 2 is 1.90 bits per heavy atom. The van der Waals surface area contributed by atoms with Gasteiger partial charge in [0.15, 0.2) is 17.4 Å². The summed E-state index contributed by atoms with van der Waals surface area (Å²) < 4.78 is 43.7. The van der Waals surface area contributed by atoms with Crippen LogP contribution in [0.5, 0.6) is 0 Å². The van der Waals surface area contributed by atoms with Gasteiger partial charge in [0.1, 0.15) is 0 Å². The molecule has 0 atom stereocenters. The summed E-state index contributed by atoms with van der Waals surface area (Å²) >= 11 is 1.05. The SMILES string of the molecule is CC(=O)Nc1nc(C(=O)OCC(=O)N2CCN(c3cccc(C(F)(F)F)c3)CC2)cs1. The molecule has 0 bridgehead atoms. The first kappa shape index (κ1) is 22.5. The molecule has 31 heavy (non-hydrogen) atoms. The summed E-state index contributed by atoms with van der Waals surface area (Å²) in [5, 5.41) is 4.10. The fraction of sp³-hybridized carbons (Fsp3) is 0.368. The van der Waals surface area contributed by atoms with Crippen LogP contribution < -0.4 is 10.2 Å². The topological polar surface area (TPSA) is 91.8 Å². The molecule has 12 heteroatoms. The van der Waals surface area contributed by atoms with Crippen molar-refractivity contribution in [2.24, 2.45) is 0 Å². The van der Waals surface area contributed by atoms with Crippen LogP contribution in [0.1, 0.15) is 23.0 Å². The number of amides is 2. The number of halogens is 3. The number of rotatable bonds is 5. The lowest BCUT2D eigenvalue weighted by Gasteiger charge is -2.36. The van der Waals surface area contributed by atoms with E-state index in [0.29, 0.717) is 18.8 Å². The van der Waals surface area contributed by atoms with Crippen molar-refractivity contribution in [2.75, 3.05) is 43.0 Å². The van der Waals surface area contributed by atoms with Gasteiger partial charge in [-0.2, -0.15) is 13.2 Å². The zero-order chi connectivity index (χ0) is 22.6. The second-order valence-corrected chi connectivity index (χ2v) is 7.57. The average molecular weight is 456 g/mol. The standard InChI is InChI=1S/C19H19F3N4O4S/c1-12(27)23-18-24-15(11-31-18)17(29)30-10-16(28)26-7-5-25(6-8-26)14-4-2-3-13(9-14)19(20,21)22/h2-4,9,11H,5-8,10H2,1H3,(H,23,24,27). The van der Waals surface area contributed by atoms with Crippen molar-refractivity contribution >= 4 is 39.9 Å². The van der Waals surface area contributed by atoms with E-state index >= 15 is 0 Å². The Labute approximate surface area is 179 Å². The van der Waals surface area contributed by atoms with E-state index in [9.17, 15) is 27.6 Å². The summed E-state index contributed by atoms with van der Waals surface area (Å²) in [5.41, 5.74) is -0.304. The Bertz CT molecular complexity index is 971. The maximum absolute atomic E-state index is 12.9. The molecule has 0 radical (unpaired) electrons. The van der Waals surface area contributed by atoms with Crippen molar-refractivity contribution in [1.29, 1.82) is 0 Å². The summed E-state index contributed by atoms with van der Waals surface area (Å²) in [6.45, 7) is 2.12. The molecule has 1 aliphatic heterocycles. The summed E-state index contributed by atoms with van der Waals surface area (Å²) in [6.07, 6.45) is -4.42. The number of thiazole rings is 1. The minimum Gasteiger partial charge on any atom is -0.451 e. The molecule has 2 amide bonds. The molecule has 1 aliphatic rings. The molecule has 0 unspecified atom stereocenters. The van der Waals surface area contributed by atoms with Gasteiger partial charge in [-0.3, -0.25) is 9.59 Å². The van der Waals surface area contributed by atoms with Gasteiger partial charge in [-0.15, -0.1) is 11.3 Å². The van der Waals surface area contributed by atoms with Gasteiger partial charge >= 0.3 is 12.1 Å². The first-order chi connectivity index (χ1) is 14.6. The molecule has 2 aromatic rings. The molecule has 1 N–H and O–H groups in total. The van der Waals surface area contributed by atoms with E-state index in [0.717, 1.165) is 23.5 Å². The van der Waals surface area contributed by atoms with Gasteiger partial charge in [-0.1, -0.05) is 6.07 Å². The van der Waals surface area contributed by atoms with Crippen LogP contribution in [0, 0.1) is 0 Å². The van der Waals surface area contributed by atoms with E-state index in [1.807, 2.05) is 0 Å². The fourth-order valence-electron chi connectivity index (χ4n) is 2.96. The first-order valence-electron chi connectivity index (χ1n) is 9.23. The zero-order valence-electron chi connectivity index (χ0n) is 16.4. The lowest BCUT2D eigenvalue weighted by atomic mass is 10.1. The Balaban J connectivity index is 1.49. The molecular weight excluding hydrogens is 437 g/mol. The average Bonchev–Trinajstić information content (AvgIpc) is 3.19. The Hall–Kier alpha value is -3.15. The van der Waals surface area contributed by atoms with Crippen LogP contribution in [0.3, 0.4) is 0 Å². The van der Waals surface area contributed by atoms with Gasteiger partial charge < -0.3 is 19.9 Å². The highest BCUT2D eigenvalue weighted by Gasteiger charge is 2.31. The number of nitrogens with zero attached hydrogens (tertiary/aromatic N) is 3. The van der Waals surface area contributed by atoms with E-state index in [1.165, 1.54) is 23.3 Å². The number of hydrogen-bond donors (Lipinski definition) is 1. The van der Waals surface area contributed by atoms with E-state index in [4.69, 9.17) is 4.74 Å². The smallest absolute Gasteiger partial charge is 0.416 e. The molecule has 1 fully saturated rings. The van der Waals surface area contributed by atoms with Gasteiger partial charge in [0.25, 0.3) is 5.91 Å². The number of carbonyl (C=O) groups excluding carboxylic acids is 3. The number of hydrogen-bond acceptors (Lipinski definition) is 7. The van der Waals surface area contributed by atoms with Crippen molar-refractivity contribution in [3.05, 3.63) is 40.9 Å². The summed E-state index contributed by atoms with van der Waals surface area (Å²) in [6, 6.07) is 5.05. The molecule has 0 saturated carbocycles. The highest BCUT2D eigenvalue weighted by atomic mass is 32.1. The third-order valence-electron chi connectivity index (χ3n) is 4.49. The van der Waals surface area contributed by atoms with Gasteiger partial charge in [0.05, 0.1) is 5.56 Å². The minimum absolute atomic E-state index is 0.0177. The Kier molecular flexibility index (Phi) is 6.78. The lowest BCUT2D eigenvalue weighted by molar-refractivity contribution is -0.137. The van der Waals surface area contributed by atoms with Gasteiger partial charge in [0.2, 0.25) is 5.91 Å². The van der Waals surface area contributed by atoms with Crippen molar-refractivity contribution in [1.82, 2.24) is 9.88 Å². The van der Waals surface area contributed by atoms with Gasteiger partial charge in [-0.25, -0.2) is 9.78 Å². The van der Waals surface area contributed by atoms with Crippen LogP contribution in [0.2, 0.25) is 0 Å². The predicted octanol–water partition coefficient (Wildman–Crippen LogP) is 2.63. The first-order valence-corrected chi connectivity index (χ1v) is 10.1. The Morgan fingerprint density at radius 3 is 2.55 bits per heavy atom. The number of alkyl halides is 3. The quantitative estimate of drug-likeness (QED) is 0.696. The summed E-state index contributed by atoms with van der Waals surface area (Å²) in [5.74, 6) is -1.52. The maximum Gasteiger partial charge on any atom is 0.416 e. The third kappa shape index (κ3) is 5.94. The molecule has 2 heterocycles. The monoisotopic (exact) mass is 456 g/mol. The number of ether oxygens (including phenoxy) is 1. The van der Waals surface area contributed by atoms with Crippen molar-refractivity contribution < 1.29 is 32.3 Å². The van der Waals surface area contributed by atoms with Crippen molar-refractivity contribution in [3.8, 4) is 0 Å². The van der Waals surface area contributed by atoms with Crippen LogP contribution in [0.15, 0.2) is 29.6 Å². The molecule has 3 rings (SSSR count). The van der Waals surface area contributed by atoms with E-state index < -0.39 is 30.2 Å². The predicted molar refractivity (Wildman–Crippen MR) is 107 cm³/mol. The lowest BCUT2D eigenvalue weighted by Crippen LogP contribution is -2.50. The number of benzene rings is 1. The van der Waals surface area contributed by atoms with E-state index in [2.05, 4.69) is 10.3 Å².